The zero-order valence-electron chi connectivity index (χ0n) is 13.3. The van der Waals surface area contributed by atoms with Crippen molar-refractivity contribution in [3.8, 4) is 0 Å². The van der Waals surface area contributed by atoms with Crippen molar-refractivity contribution in [3.63, 3.8) is 0 Å². The molecule has 4 nitrogen and oxygen atoms in total. The van der Waals surface area contributed by atoms with E-state index in [9.17, 15) is 0 Å². The Kier molecular flexibility index (Phi) is 5.73. The summed E-state index contributed by atoms with van der Waals surface area (Å²) in [5.74, 6) is 1.17. The lowest BCUT2D eigenvalue weighted by Gasteiger charge is -2.28. The van der Waals surface area contributed by atoms with E-state index in [2.05, 4.69) is 54.0 Å². The molecule has 2 rings (SSSR count). The Morgan fingerprint density at radius 3 is 2.42 bits per heavy atom. The minimum Gasteiger partial charge on any atom is -0.355 e. The third-order valence-electron chi connectivity index (χ3n) is 3.05. The fraction of sp³-hybridized carbons (Fsp3) is 0.733. The summed E-state index contributed by atoms with van der Waals surface area (Å²) in [6.45, 7) is 14.9. The lowest BCUT2D eigenvalue weighted by Crippen LogP contribution is -2.46. The number of hydrogen-bond donors (Lipinski definition) is 3. The second kappa shape index (κ2) is 6.85. The molecule has 3 N–H and O–H groups in total. The van der Waals surface area contributed by atoms with Crippen LogP contribution in [-0.2, 0) is 0 Å². The topological polar surface area (TPSA) is 39.3 Å². The van der Waals surface area contributed by atoms with Crippen LogP contribution in [0.5, 0.6) is 0 Å². The van der Waals surface area contributed by atoms with E-state index >= 15 is 0 Å². The average molecular weight is 266 g/mol. The Bertz CT molecular complexity index is 339. The van der Waals surface area contributed by atoms with Gasteiger partial charge in [0.05, 0.1) is 0 Å². The van der Waals surface area contributed by atoms with Crippen molar-refractivity contribution >= 4 is 0 Å². The SMILES string of the molecule is CC.CC1=CC=C(N2CCC(NC(C)(C)C)C2)NN1. The van der Waals surface area contributed by atoms with Gasteiger partial charge in [0.25, 0.3) is 0 Å². The molecule has 0 bridgehead atoms. The highest BCUT2D eigenvalue weighted by atomic mass is 15.4. The molecule has 1 unspecified atom stereocenters. The Hall–Kier alpha value is -1.16. The van der Waals surface area contributed by atoms with Crippen molar-refractivity contribution < 1.29 is 0 Å². The van der Waals surface area contributed by atoms with Crippen molar-refractivity contribution in [2.75, 3.05) is 13.1 Å². The fourth-order valence-electron chi connectivity index (χ4n) is 2.34. The first-order valence-electron chi connectivity index (χ1n) is 7.37. The van der Waals surface area contributed by atoms with Gasteiger partial charge in [0.2, 0.25) is 0 Å². The van der Waals surface area contributed by atoms with E-state index in [-0.39, 0.29) is 5.54 Å². The zero-order valence-corrected chi connectivity index (χ0v) is 13.3. The van der Waals surface area contributed by atoms with Gasteiger partial charge in [0.15, 0.2) is 0 Å². The molecule has 2 aliphatic heterocycles. The molecular weight excluding hydrogens is 236 g/mol. The smallest absolute Gasteiger partial charge is 0.120 e. The van der Waals surface area contributed by atoms with E-state index in [1.807, 2.05) is 20.8 Å². The van der Waals surface area contributed by atoms with Crippen LogP contribution in [0.1, 0.15) is 48.0 Å². The van der Waals surface area contributed by atoms with Crippen molar-refractivity contribution in [1.82, 2.24) is 21.1 Å². The predicted molar refractivity (Wildman–Crippen MR) is 82.3 cm³/mol. The predicted octanol–water partition coefficient (Wildman–Crippen LogP) is 2.33. The number of nitrogens with one attached hydrogen (secondary N) is 3. The second-order valence-electron chi connectivity index (χ2n) is 5.98. The summed E-state index contributed by atoms with van der Waals surface area (Å²) in [4.78, 5) is 2.39. The fourth-order valence-corrected chi connectivity index (χ4v) is 2.34. The third-order valence-corrected chi connectivity index (χ3v) is 3.05. The molecule has 4 heteroatoms. The summed E-state index contributed by atoms with van der Waals surface area (Å²) >= 11 is 0. The first-order valence-corrected chi connectivity index (χ1v) is 7.37. The molecule has 0 saturated carbocycles. The summed E-state index contributed by atoms with van der Waals surface area (Å²) < 4.78 is 0. The normalized spacial score (nSPS) is 22.6. The molecule has 1 saturated heterocycles. The van der Waals surface area contributed by atoms with Crippen molar-refractivity contribution in [2.24, 2.45) is 0 Å². The number of hydrazine groups is 1. The Morgan fingerprint density at radius 2 is 1.89 bits per heavy atom. The second-order valence-corrected chi connectivity index (χ2v) is 5.98. The molecule has 1 atom stereocenters. The van der Waals surface area contributed by atoms with E-state index < -0.39 is 0 Å². The van der Waals surface area contributed by atoms with Gasteiger partial charge in [0, 0.05) is 30.4 Å². The molecule has 0 amide bonds. The summed E-state index contributed by atoms with van der Waals surface area (Å²) in [5, 5.41) is 3.66. The largest absolute Gasteiger partial charge is 0.355 e. The van der Waals surface area contributed by atoms with Crippen LogP contribution in [0.2, 0.25) is 0 Å². The Balaban J connectivity index is 0.000000861. The van der Waals surface area contributed by atoms with E-state index in [4.69, 9.17) is 0 Å². The molecule has 0 radical (unpaired) electrons. The Labute approximate surface area is 118 Å². The number of allylic oxidation sites excluding steroid dienone is 3. The molecule has 0 aliphatic carbocycles. The van der Waals surface area contributed by atoms with E-state index in [0.717, 1.165) is 18.8 Å². The lowest BCUT2D eigenvalue weighted by atomic mass is 10.1. The van der Waals surface area contributed by atoms with E-state index in [0.29, 0.717) is 6.04 Å². The molecule has 19 heavy (non-hydrogen) atoms. The van der Waals surface area contributed by atoms with Gasteiger partial charge in [-0.3, -0.25) is 5.43 Å². The first kappa shape index (κ1) is 15.9. The van der Waals surface area contributed by atoms with Gasteiger partial charge >= 0.3 is 0 Å². The van der Waals surface area contributed by atoms with Crippen molar-refractivity contribution in [1.29, 1.82) is 0 Å². The highest BCUT2D eigenvalue weighted by Gasteiger charge is 2.27. The quantitative estimate of drug-likeness (QED) is 0.717. The summed E-state index contributed by atoms with van der Waals surface area (Å²) in [7, 11) is 0. The minimum absolute atomic E-state index is 0.198. The molecule has 0 aromatic heterocycles. The first-order chi connectivity index (χ1) is 8.94. The third kappa shape index (κ3) is 5.15. The maximum absolute atomic E-state index is 3.66. The number of likely N-dealkylation sites (tertiary alicyclic amines) is 1. The molecule has 0 spiro atoms. The van der Waals surface area contributed by atoms with Crippen LogP contribution >= 0.6 is 0 Å². The molecule has 0 aromatic rings. The van der Waals surface area contributed by atoms with E-state index in [1.165, 1.54) is 12.2 Å². The van der Waals surface area contributed by atoms with Crippen molar-refractivity contribution in [2.45, 2.75) is 59.5 Å². The van der Waals surface area contributed by atoms with Gasteiger partial charge in [-0.1, -0.05) is 13.8 Å². The summed E-state index contributed by atoms with van der Waals surface area (Å²) in [5.41, 5.74) is 7.74. The molecular formula is C15H30N4. The molecule has 2 aliphatic rings. The monoisotopic (exact) mass is 266 g/mol. The van der Waals surface area contributed by atoms with Crippen LogP contribution < -0.4 is 16.2 Å². The summed E-state index contributed by atoms with van der Waals surface area (Å²) in [6.07, 6.45) is 5.46. The number of hydrogen-bond acceptors (Lipinski definition) is 4. The summed E-state index contributed by atoms with van der Waals surface area (Å²) in [6, 6.07) is 0.588. The van der Waals surface area contributed by atoms with Gasteiger partial charge in [-0.15, -0.1) is 0 Å². The minimum atomic E-state index is 0.198. The van der Waals surface area contributed by atoms with Crippen LogP contribution in [-0.4, -0.2) is 29.6 Å². The van der Waals surface area contributed by atoms with Gasteiger partial charge in [0.1, 0.15) is 5.82 Å². The maximum Gasteiger partial charge on any atom is 0.120 e. The average Bonchev–Trinajstić information content (AvgIpc) is 2.78. The van der Waals surface area contributed by atoms with Gasteiger partial charge in [-0.25, -0.2) is 0 Å². The lowest BCUT2D eigenvalue weighted by molar-refractivity contribution is 0.329. The van der Waals surface area contributed by atoms with Crippen LogP contribution in [0.4, 0.5) is 0 Å². The van der Waals surface area contributed by atoms with Crippen molar-refractivity contribution in [3.05, 3.63) is 23.7 Å². The molecule has 110 valence electrons. The zero-order chi connectivity index (χ0) is 14.5. The van der Waals surface area contributed by atoms with Gasteiger partial charge in [-0.05, 0) is 46.3 Å². The highest BCUT2D eigenvalue weighted by Crippen LogP contribution is 2.17. The van der Waals surface area contributed by atoms with Gasteiger partial charge < -0.3 is 15.6 Å². The van der Waals surface area contributed by atoms with Crippen LogP contribution in [0.25, 0.3) is 0 Å². The standard InChI is InChI=1S/C13H24N4.C2H6/c1-10-5-6-12(16-15-10)17-8-7-11(9-17)14-13(2,3)4;1-2/h5-6,11,14-16H,7-9H2,1-4H3;1-2H3. The van der Waals surface area contributed by atoms with E-state index in [1.54, 1.807) is 0 Å². The number of rotatable bonds is 2. The molecule has 1 fully saturated rings. The number of nitrogens with zero attached hydrogens (tertiary/aromatic N) is 1. The maximum atomic E-state index is 3.66. The van der Waals surface area contributed by atoms with Crippen LogP contribution in [0.15, 0.2) is 23.7 Å². The molecule has 0 aromatic carbocycles. The van der Waals surface area contributed by atoms with Crippen LogP contribution in [0.3, 0.4) is 0 Å². The van der Waals surface area contributed by atoms with Crippen LogP contribution in [0, 0.1) is 0 Å². The molecule has 2 heterocycles. The highest BCUT2D eigenvalue weighted by molar-refractivity contribution is 5.19. The Morgan fingerprint density at radius 1 is 1.21 bits per heavy atom. The van der Waals surface area contributed by atoms with Gasteiger partial charge in [-0.2, -0.15) is 0 Å².